The normalized spacial score (nSPS) is 15.1. The number of pyridine rings is 1. The molecule has 0 N–H and O–H groups in total. The first-order chi connectivity index (χ1) is 14.6. The zero-order valence-electron chi connectivity index (χ0n) is 17.3. The highest BCUT2D eigenvalue weighted by atomic mass is 16.3. The molecular formula is C23H25N5O2. The van der Waals surface area contributed by atoms with Crippen LogP contribution in [0.25, 0.3) is 16.6 Å². The summed E-state index contributed by atoms with van der Waals surface area (Å²) >= 11 is 0. The quantitative estimate of drug-likeness (QED) is 0.503. The van der Waals surface area contributed by atoms with E-state index in [-0.39, 0.29) is 11.9 Å². The van der Waals surface area contributed by atoms with Crippen molar-refractivity contribution in [3.05, 3.63) is 59.0 Å². The molecule has 0 atom stereocenters. The standard InChI is InChI=1S/C23H25N5O2/c1-15-11-16(2)21-17(12-15)13-18(22-24-25-26-28(21)22)14-27(19-7-4-3-5-8-19)23(29)20-9-6-10-30-20/h6,9-13,19H,3-5,7-8,14H2,1-2H3. The SMILES string of the molecule is Cc1cc(C)c2c(c1)cc(CN(C(=O)c1ccco1)C1CCCCC1)c1nnnn12. The van der Waals surface area contributed by atoms with E-state index in [9.17, 15) is 4.79 Å². The van der Waals surface area contributed by atoms with E-state index in [2.05, 4.69) is 47.6 Å². The van der Waals surface area contributed by atoms with Gasteiger partial charge < -0.3 is 9.32 Å². The molecule has 1 aromatic carbocycles. The van der Waals surface area contributed by atoms with Crippen molar-refractivity contribution in [2.24, 2.45) is 0 Å². The van der Waals surface area contributed by atoms with Gasteiger partial charge in [0.05, 0.1) is 18.3 Å². The van der Waals surface area contributed by atoms with Crippen molar-refractivity contribution < 1.29 is 9.21 Å². The molecule has 3 aromatic heterocycles. The van der Waals surface area contributed by atoms with Gasteiger partial charge in [0.1, 0.15) is 0 Å². The summed E-state index contributed by atoms with van der Waals surface area (Å²) in [4.78, 5) is 15.3. The highest BCUT2D eigenvalue weighted by molar-refractivity contribution is 5.92. The summed E-state index contributed by atoms with van der Waals surface area (Å²) in [6.07, 6.45) is 7.09. The number of hydrogen-bond donors (Lipinski definition) is 0. The van der Waals surface area contributed by atoms with Crippen LogP contribution < -0.4 is 0 Å². The van der Waals surface area contributed by atoms with E-state index < -0.39 is 0 Å². The number of tetrazole rings is 1. The van der Waals surface area contributed by atoms with Crippen LogP contribution in [0.3, 0.4) is 0 Å². The molecule has 7 nitrogen and oxygen atoms in total. The maximum atomic E-state index is 13.3. The number of amides is 1. The van der Waals surface area contributed by atoms with Crippen LogP contribution in [0, 0.1) is 13.8 Å². The molecular weight excluding hydrogens is 378 g/mol. The second-order valence-corrected chi connectivity index (χ2v) is 8.31. The number of carbonyl (C=O) groups excluding carboxylic acids is 1. The van der Waals surface area contributed by atoms with E-state index in [1.54, 1.807) is 22.9 Å². The van der Waals surface area contributed by atoms with Crippen molar-refractivity contribution in [1.82, 2.24) is 24.9 Å². The Hall–Kier alpha value is -3.22. The molecule has 1 aliphatic carbocycles. The van der Waals surface area contributed by atoms with Crippen LogP contribution in [0.1, 0.15) is 59.3 Å². The number of aryl methyl sites for hydroxylation is 2. The van der Waals surface area contributed by atoms with Gasteiger partial charge in [0.2, 0.25) is 0 Å². The zero-order valence-corrected chi connectivity index (χ0v) is 17.3. The zero-order chi connectivity index (χ0) is 20.7. The topological polar surface area (TPSA) is 76.5 Å². The maximum Gasteiger partial charge on any atom is 0.290 e. The summed E-state index contributed by atoms with van der Waals surface area (Å²) in [5.41, 5.74) is 4.97. The Bertz CT molecular complexity index is 1210. The van der Waals surface area contributed by atoms with Gasteiger partial charge in [-0.1, -0.05) is 30.9 Å². The van der Waals surface area contributed by atoms with Crippen molar-refractivity contribution >= 4 is 22.5 Å². The Morgan fingerprint density at radius 1 is 1.20 bits per heavy atom. The summed E-state index contributed by atoms with van der Waals surface area (Å²) in [6, 6.07) is 10.1. The van der Waals surface area contributed by atoms with E-state index in [0.717, 1.165) is 47.7 Å². The second kappa shape index (κ2) is 7.55. The number of fused-ring (bicyclic) bond motifs is 3. The van der Waals surface area contributed by atoms with Gasteiger partial charge in [0.25, 0.3) is 5.91 Å². The molecule has 0 radical (unpaired) electrons. The number of carbonyl (C=O) groups is 1. The lowest BCUT2D eigenvalue weighted by atomic mass is 9.93. The van der Waals surface area contributed by atoms with Crippen LogP contribution in [0.2, 0.25) is 0 Å². The lowest BCUT2D eigenvalue weighted by molar-refractivity contribution is 0.0582. The summed E-state index contributed by atoms with van der Waals surface area (Å²) in [7, 11) is 0. The van der Waals surface area contributed by atoms with Gasteiger partial charge in [0, 0.05) is 17.0 Å². The predicted octanol–water partition coefficient (Wildman–Crippen LogP) is 4.46. The summed E-state index contributed by atoms with van der Waals surface area (Å²) in [5.74, 6) is 0.307. The highest BCUT2D eigenvalue weighted by Gasteiger charge is 2.29. The van der Waals surface area contributed by atoms with Crippen LogP contribution >= 0.6 is 0 Å². The molecule has 1 fully saturated rings. The maximum absolute atomic E-state index is 13.3. The van der Waals surface area contributed by atoms with E-state index in [1.165, 1.54) is 12.0 Å². The van der Waals surface area contributed by atoms with Gasteiger partial charge in [-0.15, -0.1) is 5.10 Å². The number of benzene rings is 1. The first-order valence-electron chi connectivity index (χ1n) is 10.6. The minimum Gasteiger partial charge on any atom is -0.459 e. The number of furan rings is 1. The van der Waals surface area contributed by atoms with Gasteiger partial charge in [-0.2, -0.15) is 4.52 Å². The third kappa shape index (κ3) is 3.24. The van der Waals surface area contributed by atoms with Gasteiger partial charge in [-0.05, 0) is 66.9 Å². The Balaban J connectivity index is 1.61. The number of aromatic nitrogens is 4. The molecule has 0 unspecified atom stereocenters. The Morgan fingerprint density at radius 2 is 2.03 bits per heavy atom. The molecule has 30 heavy (non-hydrogen) atoms. The van der Waals surface area contributed by atoms with Crippen molar-refractivity contribution in [2.75, 3.05) is 0 Å². The smallest absolute Gasteiger partial charge is 0.290 e. The molecule has 1 saturated carbocycles. The van der Waals surface area contributed by atoms with E-state index in [4.69, 9.17) is 4.42 Å². The molecule has 1 aliphatic rings. The van der Waals surface area contributed by atoms with Gasteiger partial charge in [-0.25, -0.2) is 0 Å². The van der Waals surface area contributed by atoms with E-state index in [1.807, 2.05) is 4.90 Å². The van der Waals surface area contributed by atoms with Gasteiger partial charge in [0.15, 0.2) is 11.4 Å². The first kappa shape index (κ1) is 18.8. The molecule has 4 aromatic rings. The second-order valence-electron chi connectivity index (χ2n) is 8.31. The van der Waals surface area contributed by atoms with Crippen molar-refractivity contribution in [2.45, 2.75) is 58.5 Å². The van der Waals surface area contributed by atoms with Crippen LogP contribution in [0.15, 0.2) is 41.0 Å². The Morgan fingerprint density at radius 3 is 2.80 bits per heavy atom. The van der Waals surface area contributed by atoms with Crippen molar-refractivity contribution in [3.8, 4) is 0 Å². The Labute approximate surface area is 174 Å². The minimum atomic E-state index is -0.0713. The molecule has 154 valence electrons. The summed E-state index contributed by atoms with van der Waals surface area (Å²) < 4.78 is 7.24. The number of rotatable bonds is 4. The predicted molar refractivity (Wildman–Crippen MR) is 113 cm³/mol. The van der Waals surface area contributed by atoms with Crippen LogP contribution in [-0.4, -0.2) is 36.9 Å². The summed E-state index contributed by atoms with van der Waals surface area (Å²) in [6.45, 7) is 4.62. The average Bonchev–Trinajstić information content (AvgIpc) is 3.43. The Kier molecular flexibility index (Phi) is 4.73. The monoisotopic (exact) mass is 403 g/mol. The number of nitrogens with zero attached hydrogens (tertiary/aromatic N) is 5. The molecule has 0 bridgehead atoms. The fourth-order valence-electron chi connectivity index (χ4n) is 4.78. The minimum absolute atomic E-state index is 0.0713. The molecule has 0 aliphatic heterocycles. The molecule has 5 rings (SSSR count). The molecule has 7 heteroatoms. The largest absolute Gasteiger partial charge is 0.459 e. The summed E-state index contributed by atoms with van der Waals surface area (Å²) in [5, 5.41) is 13.6. The fraction of sp³-hybridized carbons (Fsp3) is 0.391. The third-order valence-electron chi connectivity index (χ3n) is 6.12. The molecule has 0 saturated heterocycles. The fourth-order valence-corrected chi connectivity index (χ4v) is 4.78. The molecule has 0 spiro atoms. The van der Waals surface area contributed by atoms with E-state index in [0.29, 0.717) is 18.0 Å². The van der Waals surface area contributed by atoms with Crippen LogP contribution in [-0.2, 0) is 6.54 Å². The van der Waals surface area contributed by atoms with E-state index >= 15 is 0 Å². The number of hydrogen-bond acceptors (Lipinski definition) is 5. The highest BCUT2D eigenvalue weighted by Crippen LogP contribution is 2.29. The van der Waals surface area contributed by atoms with Crippen molar-refractivity contribution in [1.29, 1.82) is 0 Å². The third-order valence-corrected chi connectivity index (χ3v) is 6.12. The first-order valence-corrected chi connectivity index (χ1v) is 10.6. The van der Waals surface area contributed by atoms with Gasteiger partial charge >= 0.3 is 0 Å². The lowest BCUT2D eigenvalue weighted by Gasteiger charge is -2.34. The van der Waals surface area contributed by atoms with Crippen LogP contribution in [0.5, 0.6) is 0 Å². The van der Waals surface area contributed by atoms with Crippen molar-refractivity contribution in [3.63, 3.8) is 0 Å². The molecule has 1 amide bonds. The van der Waals surface area contributed by atoms with Crippen LogP contribution in [0.4, 0.5) is 0 Å². The molecule has 3 heterocycles. The average molecular weight is 403 g/mol. The van der Waals surface area contributed by atoms with Gasteiger partial charge in [-0.3, -0.25) is 4.79 Å². The lowest BCUT2D eigenvalue weighted by Crippen LogP contribution is -2.41.